The second-order valence-corrected chi connectivity index (χ2v) is 10.1. The highest BCUT2D eigenvalue weighted by Crippen LogP contribution is 2.28. The van der Waals surface area contributed by atoms with Gasteiger partial charge in [-0.05, 0) is 50.3 Å². The molecule has 0 aliphatic heterocycles. The maximum atomic E-state index is 12.5. The monoisotopic (exact) mass is 475 g/mol. The summed E-state index contributed by atoms with van der Waals surface area (Å²) in [5.41, 5.74) is 4.58. The van der Waals surface area contributed by atoms with E-state index in [1.54, 1.807) is 0 Å². The van der Waals surface area contributed by atoms with Gasteiger partial charge in [-0.3, -0.25) is 4.90 Å². The van der Waals surface area contributed by atoms with E-state index in [0.29, 0.717) is 30.9 Å². The van der Waals surface area contributed by atoms with Crippen LogP contribution in [0.15, 0.2) is 48.5 Å². The van der Waals surface area contributed by atoms with E-state index in [4.69, 9.17) is 0 Å². The number of aryl methyl sites for hydroxylation is 1. The summed E-state index contributed by atoms with van der Waals surface area (Å²) in [4.78, 5) is 15.2. The number of rotatable bonds is 11. The van der Waals surface area contributed by atoms with Crippen molar-refractivity contribution in [3.05, 3.63) is 70.9 Å². The zero-order valence-electron chi connectivity index (χ0n) is 21.6. The Morgan fingerprint density at radius 3 is 2.54 bits per heavy atom. The molecule has 1 aromatic heterocycles. The Hall–Kier alpha value is -2.63. The van der Waals surface area contributed by atoms with E-state index in [1.165, 1.54) is 37.7 Å². The number of aromatic carboxylic acids is 1. The third-order valence-electron chi connectivity index (χ3n) is 7.92. The van der Waals surface area contributed by atoms with E-state index < -0.39 is 5.97 Å². The Bertz CT molecular complexity index is 1130. The molecule has 0 radical (unpaired) electrons. The summed E-state index contributed by atoms with van der Waals surface area (Å²) >= 11 is 0. The molecule has 5 heteroatoms. The first-order valence-corrected chi connectivity index (χ1v) is 13.4. The van der Waals surface area contributed by atoms with Crippen LogP contribution in [0.4, 0.5) is 0 Å². The molecule has 0 amide bonds. The van der Waals surface area contributed by atoms with Crippen LogP contribution in [0.1, 0.15) is 79.6 Å². The lowest BCUT2D eigenvalue weighted by molar-refractivity contribution is 0.0684. The van der Waals surface area contributed by atoms with Gasteiger partial charge in [-0.2, -0.15) is 0 Å². The minimum atomic E-state index is -0.866. The van der Waals surface area contributed by atoms with Gasteiger partial charge in [0, 0.05) is 54.7 Å². The molecule has 1 aliphatic carbocycles. The minimum Gasteiger partial charge on any atom is -0.477 e. The predicted molar refractivity (Wildman–Crippen MR) is 144 cm³/mol. The first-order valence-electron chi connectivity index (χ1n) is 13.4. The SMILES string of the molecule is CCC(C)N(CCNCc1c(C(=O)O)n(Cc2ccccc2C)c2ccccc12)C1CCCCC1. The summed E-state index contributed by atoms with van der Waals surface area (Å²) in [6, 6.07) is 17.6. The molecular weight excluding hydrogens is 434 g/mol. The number of carboxylic acid groups (broad SMARTS) is 1. The second-order valence-electron chi connectivity index (χ2n) is 10.1. The van der Waals surface area contributed by atoms with Gasteiger partial charge in [0.1, 0.15) is 5.69 Å². The summed E-state index contributed by atoms with van der Waals surface area (Å²) < 4.78 is 1.98. The van der Waals surface area contributed by atoms with Crippen molar-refractivity contribution >= 4 is 16.9 Å². The van der Waals surface area contributed by atoms with Crippen molar-refractivity contribution in [2.75, 3.05) is 13.1 Å². The van der Waals surface area contributed by atoms with Crippen LogP contribution in [-0.2, 0) is 13.1 Å². The molecule has 1 saturated carbocycles. The van der Waals surface area contributed by atoms with E-state index in [0.717, 1.165) is 41.5 Å². The van der Waals surface area contributed by atoms with Crippen molar-refractivity contribution in [3.63, 3.8) is 0 Å². The summed E-state index contributed by atoms with van der Waals surface area (Å²) in [5, 5.41) is 14.9. The van der Waals surface area contributed by atoms with E-state index in [2.05, 4.69) is 49.2 Å². The lowest BCUT2D eigenvalue weighted by Gasteiger charge is -2.38. The van der Waals surface area contributed by atoms with Crippen LogP contribution in [0.5, 0.6) is 0 Å². The molecule has 1 heterocycles. The number of hydrogen-bond acceptors (Lipinski definition) is 3. The lowest BCUT2D eigenvalue weighted by Crippen LogP contribution is -2.45. The fourth-order valence-electron chi connectivity index (χ4n) is 5.75. The Labute approximate surface area is 210 Å². The van der Waals surface area contributed by atoms with Crippen molar-refractivity contribution in [3.8, 4) is 0 Å². The van der Waals surface area contributed by atoms with Crippen LogP contribution >= 0.6 is 0 Å². The zero-order chi connectivity index (χ0) is 24.8. The molecule has 4 rings (SSSR count). The summed E-state index contributed by atoms with van der Waals surface area (Å²) in [7, 11) is 0. The molecule has 2 aromatic carbocycles. The molecule has 1 atom stereocenters. The van der Waals surface area contributed by atoms with Crippen molar-refractivity contribution in [2.24, 2.45) is 0 Å². The van der Waals surface area contributed by atoms with E-state index in [-0.39, 0.29) is 0 Å². The Morgan fingerprint density at radius 2 is 1.83 bits per heavy atom. The first kappa shape index (κ1) is 25.5. The van der Waals surface area contributed by atoms with Gasteiger partial charge in [0.25, 0.3) is 0 Å². The smallest absolute Gasteiger partial charge is 0.352 e. The fourth-order valence-corrected chi connectivity index (χ4v) is 5.75. The Balaban J connectivity index is 1.54. The summed E-state index contributed by atoms with van der Waals surface area (Å²) in [5.74, 6) is -0.866. The fraction of sp³-hybridized carbons (Fsp3) is 0.500. The van der Waals surface area contributed by atoms with Crippen molar-refractivity contribution in [2.45, 2.75) is 84.5 Å². The number of benzene rings is 2. The van der Waals surface area contributed by atoms with Crippen molar-refractivity contribution in [1.29, 1.82) is 0 Å². The summed E-state index contributed by atoms with van der Waals surface area (Å²) in [6.45, 7) is 9.67. The minimum absolute atomic E-state index is 0.396. The van der Waals surface area contributed by atoms with Gasteiger partial charge >= 0.3 is 5.97 Å². The molecule has 188 valence electrons. The number of nitrogens with zero attached hydrogens (tertiary/aromatic N) is 2. The third kappa shape index (κ3) is 5.79. The van der Waals surface area contributed by atoms with Gasteiger partial charge in [0.15, 0.2) is 0 Å². The molecule has 35 heavy (non-hydrogen) atoms. The number of aromatic nitrogens is 1. The van der Waals surface area contributed by atoms with Gasteiger partial charge in [-0.15, -0.1) is 0 Å². The Morgan fingerprint density at radius 1 is 1.11 bits per heavy atom. The second kappa shape index (κ2) is 11.9. The van der Waals surface area contributed by atoms with Crippen molar-refractivity contribution < 1.29 is 9.90 Å². The first-order chi connectivity index (χ1) is 17.0. The molecule has 0 saturated heterocycles. The highest BCUT2D eigenvalue weighted by molar-refractivity contribution is 5.98. The largest absolute Gasteiger partial charge is 0.477 e. The quantitative estimate of drug-likeness (QED) is 0.323. The number of hydrogen-bond donors (Lipinski definition) is 2. The maximum Gasteiger partial charge on any atom is 0.352 e. The van der Waals surface area contributed by atoms with Crippen LogP contribution in [0.2, 0.25) is 0 Å². The van der Waals surface area contributed by atoms with Crippen molar-refractivity contribution in [1.82, 2.24) is 14.8 Å². The van der Waals surface area contributed by atoms with Crippen LogP contribution in [0.25, 0.3) is 10.9 Å². The highest BCUT2D eigenvalue weighted by Gasteiger charge is 2.25. The standard InChI is InChI=1S/C30H41N3O2/c1-4-23(3)32(25-14-6-5-7-15-25)19-18-31-20-27-26-16-10-11-17-28(26)33(29(27)30(34)35)21-24-13-9-8-12-22(24)2/h8-13,16-17,23,25,31H,4-7,14-15,18-21H2,1-3H3,(H,34,35). The van der Waals surface area contributed by atoms with Crippen LogP contribution in [0.3, 0.4) is 0 Å². The van der Waals surface area contributed by atoms with Crippen LogP contribution < -0.4 is 5.32 Å². The van der Waals surface area contributed by atoms with Gasteiger partial charge < -0.3 is 15.0 Å². The zero-order valence-corrected chi connectivity index (χ0v) is 21.6. The maximum absolute atomic E-state index is 12.5. The van der Waals surface area contributed by atoms with Gasteiger partial charge in [0.05, 0.1) is 0 Å². The molecule has 3 aromatic rings. The Kier molecular flexibility index (Phi) is 8.64. The molecule has 2 N–H and O–H groups in total. The van der Waals surface area contributed by atoms with E-state index in [9.17, 15) is 9.90 Å². The molecule has 1 aliphatic rings. The van der Waals surface area contributed by atoms with Crippen LogP contribution in [-0.4, -0.2) is 45.7 Å². The molecule has 0 spiro atoms. The predicted octanol–water partition coefficient (Wildman–Crippen LogP) is 6.22. The molecule has 1 fully saturated rings. The average Bonchev–Trinajstić information content (AvgIpc) is 3.19. The average molecular weight is 476 g/mol. The molecule has 1 unspecified atom stereocenters. The third-order valence-corrected chi connectivity index (χ3v) is 7.92. The van der Waals surface area contributed by atoms with Gasteiger partial charge in [0.2, 0.25) is 0 Å². The molecular formula is C30H41N3O2. The number of para-hydroxylation sites is 1. The normalized spacial score (nSPS) is 15.7. The molecule has 5 nitrogen and oxygen atoms in total. The lowest BCUT2D eigenvalue weighted by atomic mass is 9.93. The highest BCUT2D eigenvalue weighted by atomic mass is 16.4. The number of carboxylic acids is 1. The van der Waals surface area contributed by atoms with Crippen LogP contribution in [0, 0.1) is 6.92 Å². The van der Waals surface area contributed by atoms with Gasteiger partial charge in [-0.1, -0.05) is 68.7 Å². The van der Waals surface area contributed by atoms with E-state index in [1.807, 2.05) is 34.9 Å². The summed E-state index contributed by atoms with van der Waals surface area (Å²) in [6.07, 6.45) is 7.82. The molecule has 0 bridgehead atoms. The number of fused-ring (bicyclic) bond motifs is 1. The number of carbonyl (C=O) groups is 1. The van der Waals surface area contributed by atoms with Gasteiger partial charge in [-0.25, -0.2) is 4.79 Å². The number of nitrogens with one attached hydrogen (secondary N) is 1. The van der Waals surface area contributed by atoms with E-state index >= 15 is 0 Å². The topological polar surface area (TPSA) is 57.5 Å².